The minimum Gasteiger partial charge on any atom is -0.449 e. The van der Waals surface area contributed by atoms with E-state index in [1.54, 1.807) is 17.8 Å². The van der Waals surface area contributed by atoms with Crippen molar-refractivity contribution in [3.05, 3.63) is 53.9 Å². The number of nitrogens with zero attached hydrogens (tertiary/aromatic N) is 3. The molecule has 2 aromatic rings. The van der Waals surface area contributed by atoms with Crippen LogP contribution in [0.15, 0.2) is 42.6 Å². The number of ether oxygens (including phenoxy) is 1. The molecule has 0 saturated heterocycles. The van der Waals surface area contributed by atoms with E-state index >= 15 is 0 Å². The van der Waals surface area contributed by atoms with E-state index in [4.69, 9.17) is 4.74 Å². The third-order valence-corrected chi connectivity index (χ3v) is 5.24. The van der Waals surface area contributed by atoms with Crippen LogP contribution < -0.4 is 5.32 Å². The summed E-state index contributed by atoms with van der Waals surface area (Å²) in [7, 11) is 0. The van der Waals surface area contributed by atoms with Gasteiger partial charge in [0.25, 0.3) is 5.91 Å². The highest BCUT2D eigenvalue weighted by atomic mass is 16.5. The Kier molecular flexibility index (Phi) is 7.16. The Bertz CT molecular complexity index is 847. The van der Waals surface area contributed by atoms with Gasteiger partial charge in [-0.1, -0.05) is 55.3 Å². The summed E-state index contributed by atoms with van der Waals surface area (Å²) in [4.78, 5) is 24.3. The summed E-state index contributed by atoms with van der Waals surface area (Å²) in [6.45, 7) is 4.34. The van der Waals surface area contributed by atoms with Gasteiger partial charge in [0.05, 0.1) is 12.7 Å². The van der Waals surface area contributed by atoms with Crippen LogP contribution in [-0.2, 0) is 20.9 Å². The number of hydrogen-bond donors (Lipinski definition) is 1. The number of amides is 1. The zero-order valence-electron chi connectivity index (χ0n) is 17.0. The van der Waals surface area contributed by atoms with Crippen molar-refractivity contribution in [3.63, 3.8) is 0 Å². The van der Waals surface area contributed by atoms with Gasteiger partial charge in [0, 0.05) is 12.1 Å². The number of benzene rings is 1. The number of nitrogens with one attached hydrogen (secondary N) is 1. The molecule has 0 spiro atoms. The Morgan fingerprint density at radius 3 is 2.79 bits per heavy atom. The van der Waals surface area contributed by atoms with E-state index in [0.29, 0.717) is 18.2 Å². The average Bonchev–Trinajstić information content (AvgIpc) is 3.16. The molecule has 1 N–H and O–H groups in total. The van der Waals surface area contributed by atoms with Crippen molar-refractivity contribution in [3.8, 4) is 0 Å². The van der Waals surface area contributed by atoms with Crippen molar-refractivity contribution in [1.82, 2.24) is 20.3 Å². The van der Waals surface area contributed by atoms with Gasteiger partial charge in [0.15, 0.2) is 6.10 Å². The molecule has 1 heterocycles. The molecule has 7 heteroatoms. The molecule has 1 amide bonds. The second-order valence-electron chi connectivity index (χ2n) is 7.62. The first kappa shape index (κ1) is 20.8. The lowest BCUT2D eigenvalue weighted by atomic mass is 9.86. The molecule has 0 unspecified atom stereocenters. The maximum atomic E-state index is 12.3. The molecule has 0 bridgehead atoms. The van der Waals surface area contributed by atoms with E-state index in [1.807, 2.05) is 30.3 Å². The zero-order chi connectivity index (χ0) is 20.6. The van der Waals surface area contributed by atoms with E-state index in [-0.39, 0.29) is 11.9 Å². The quantitative estimate of drug-likeness (QED) is 0.574. The molecule has 29 heavy (non-hydrogen) atoms. The van der Waals surface area contributed by atoms with Crippen molar-refractivity contribution < 1.29 is 14.3 Å². The number of esters is 1. The number of carbonyl (C=O) groups is 2. The van der Waals surface area contributed by atoms with Crippen LogP contribution in [0, 0.1) is 5.92 Å². The molecule has 1 aromatic heterocycles. The van der Waals surface area contributed by atoms with Crippen molar-refractivity contribution in [2.24, 2.45) is 5.92 Å². The molecule has 1 fully saturated rings. The largest absolute Gasteiger partial charge is 0.449 e. The molecule has 154 valence electrons. The SMILES string of the molecule is C[C@@H]1CCCC[C@H]1NC(=O)[C@@H](C)OC(=O)/C=C/c1cn(Cc2ccccc2)nn1. The van der Waals surface area contributed by atoms with Gasteiger partial charge in [0.1, 0.15) is 5.69 Å². The molecule has 1 aliphatic carbocycles. The Labute approximate surface area is 171 Å². The van der Waals surface area contributed by atoms with Gasteiger partial charge in [-0.3, -0.25) is 4.79 Å². The van der Waals surface area contributed by atoms with Crippen LogP contribution in [-0.4, -0.2) is 39.0 Å². The summed E-state index contributed by atoms with van der Waals surface area (Å²) >= 11 is 0. The van der Waals surface area contributed by atoms with E-state index in [2.05, 4.69) is 22.6 Å². The monoisotopic (exact) mass is 396 g/mol. The molecule has 3 atom stereocenters. The topological polar surface area (TPSA) is 86.1 Å². The fourth-order valence-corrected chi connectivity index (χ4v) is 3.49. The average molecular weight is 396 g/mol. The van der Waals surface area contributed by atoms with Gasteiger partial charge in [-0.05, 0) is 37.3 Å². The van der Waals surface area contributed by atoms with Crippen LogP contribution in [0.25, 0.3) is 6.08 Å². The summed E-state index contributed by atoms with van der Waals surface area (Å²) < 4.78 is 6.92. The molecule has 3 rings (SSSR count). The highest BCUT2D eigenvalue weighted by molar-refractivity contribution is 5.90. The lowest BCUT2D eigenvalue weighted by Crippen LogP contribution is -2.45. The van der Waals surface area contributed by atoms with Gasteiger partial charge in [0.2, 0.25) is 0 Å². The Balaban J connectivity index is 1.47. The Hall–Kier alpha value is -2.96. The number of carbonyl (C=O) groups excluding carboxylic acids is 2. The molecule has 1 aromatic carbocycles. The highest BCUT2D eigenvalue weighted by Gasteiger charge is 2.25. The van der Waals surface area contributed by atoms with Gasteiger partial charge in [-0.15, -0.1) is 5.10 Å². The second kappa shape index (κ2) is 10.0. The Morgan fingerprint density at radius 2 is 2.03 bits per heavy atom. The summed E-state index contributed by atoms with van der Waals surface area (Å²) in [6.07, 6.45) is 8.14. The van der Waals surface area contributed by atoms with E-state index in [1.165, 1.54) is 18.6 Å². The van der Waals surface area contributed by atoms with Gasteiger partial charge in [-0.2, -0.15) is 0 Å². The van der Waals surface area contributed by atoms with Gasteiger partial charge >= 0.3 is 5.97 Å². The van der Waals surface area contributed by atoms with Crippen LogP contribution >= 0.6 is 0 Å². The normalized spacial score (nSPS) is 20.3. The maximum absolute atomic E-state index is 12.3. The van der Waals surface area contributed by atoms with Crippen LogP contribution in [0.5, 0.6) is 0 Å². The minimum atomic E-state index is -0.838. The van der Waals surface area contributed by atoms with Crippen LogP contribution in [0.2, 0.25) is 0 Å². The van der Waals surface area contributed by atoms with Crippen LogP contribution in [0.1, 0.15) is 50.8 Å². The number of rotatable bonds is 7. The maximum Gasteiger partial charge on any atom is 0.331 e. The van der Waals surface area contributed by atoms with E-state index in [0.717, 1.165) is 24.8 Å². The number of aromatic nitrogens is 3. The standard InChI is InChI=1S/C22H28N4O3/c1-16-8-6-7-11-20(16)23-22(28)17(2)29-21(27)13-12-19-15-26(25-24-19)14-18-9-4-3-5-10-18/h3-5,9-10,12-13,15-17,20H,6-8,11,14H2,1-2H3,(H,23,28)/b13-12+/t16-,17-,20-/m1/s1. The fraction of sp³-hybridized carbons (Fsp3) is 0.455. The first-order valence-electron chi connectivity index (χ1n) is 10.1. The first-order chi connectivity index (χ1) is 14.0. The van der Waals surface area contributed by atoms with Crippen molar-refractivity contribution in [1.29, 1.82) is 0 Å². The smallest absolute Gasteiger partial charge is 0.331 e. The van der Waals surface area contributed by atoms with Crippen molar-refractivity contribution >= 4 is 18.0 Å². The lowest BCUT2D eigenvalue weighted by Gasteiger charge is -2.30. The third-order valence-electron chi connectivity index (χ3n) is 5.24. The number of hydrogen-bond acceptors (Lipinski definition) is 5. The predicted molar refractivity (Wildman–Crippen MR) is 110 cm³/mol. The van der Waals surface area contributed by atoms with E-state index in [9.17, 15) is 9.59 Å². The molecule has 7 nitrogen and oxygen atoms in total. The second-order valence-corrected chi connectivity index (χ2v) is 7.62. The third kappa shape index (κ3) is 6.27. The zero-order valence-corrected chi connectivity index (χ0v) is 17.0. The van der Waals surface area contributed by atoms with Gasteiger partial charge in [-0.25, -0.2) is 9.48 Å². The van der Waals surface area contributed by atoms with Crippen molar-refractivity contribution in [2.75, 3.05) is 0 Å². The van der Waals surface area contributed by atoms with Gasteiger partial charge < -0.3 is 10.1 Å². The summed E-state index contributed by atoms with van der Waals surface area (Å²) in [6, 6.07) is 10.1. The highest BCUT2D eigenvalue weighted by Crippen LogP contribution is 2.23. The molecule has 1 aliphatic rings. The molecule has 0 radical (unpaired) electrons. The van der Waals surface area contributed by atoms with Crippen molar-refractivity contribution in [2.45, 2.75) is 58.2 Å². The molecular formula is C22H28N4O3. The first-order valence-corrected chi connectivity index (χ1v) is 10.1. The minimum absolute atomic E-state index is 0.160. The van der Waals surface area contributed by atoms with Crippen LogP contribution in [0.4, 0.5) is 0 Å². The molecule has 1 saturated carbocycles. The summed E-state index contributed by atoms with van der Waals surface area (Å²) in [5.74, 6) is -0.379. The lowest BCUT2D eigenvalue weighted by molar-refractivity contribution is -0.150. The molecular weight excluding hydrogens is 368 g/mol. The fourth-order valence-electron chi connectivity index (χ4n) is 3.49. The Morgan fingerprint density at radius 1 is 1.28 bits per heavy atom. The summed E-state index contributed by atoms with van der Waals surface area (Å²) in [5.41, 5.74) is 1.66. The van der Waals surface area contributed by atoms with E-state index < -0.39 is 12.1 Å². The summed E-state index contributed by atoms with van der Waals surface area (Å²) in [5, 5.41) is 11.1. The predicted octanol–water partition coefficient (Wildman–Crippen LogP) is 2.97. The molecule has 0 aliphatic heterocycles. The van der Waals surface area contributed by atoms with Crippen LogP contribution in [0.3, 0.4) is 0 Å².